The second kappa shape index (κ2) is 6.45. The Hall–Kier alpha value is -2.93. The van der Waals surface area contributed by atoms with Gasteiger partial charge in [0.15, 0.2) is 12.6 Å². The molecule has 0 spiro atoms. The number of nitrogens with zero attached hydrogens (tertiary/aromatic N) is 2. The van der Waals surface area contributed by atoms with Gasteiger partial charge in [0, 0.05) is 18.1 Å². The van der Waals surface area contributed by atoms with Crippen LogP contribution in [0.15, 0.2) is 46.9 Å². The number of pyridine rings is 1. The van der Waals surface area contributed by atoms with E-state index in [0.717, 1.165) is 5.39 Å². The topological polar surface area (TPSA) is 87.6 Å². The fourth-order valence-electron chi connectivity index (χ4n) is 2.09. The average Bonchev–Trinajstić information content (AvgIpc) is 2.98. The molecule has 0 aliphatic rings. The predicted molar refractivity (Wildman–Crippen MR) is 83.2 cm³/mol. The highest BCUT2D eigenvalue weighted by molar-refractivity contribution is 5.83. The lowest BCUT2D eigenvalue weighted by molar-refractivity contribution is -0.389. The summed E-state index contributed by atoms with van der Waals surface area (Å²) in [5.41, 5.74) is 1.06. The van der Waals surface area contributed by atoms with E-state index < -0.39 is 4.92 Å². The van der Waals surface area contributed by atoms with E-state index in [1.807, 2.05) is 13.0 Å². The first-order valence-corrected chi connectivity index (χ1v) is 7.03. The van der Waals surface area contributed by atoms with Gasteiger partial charge in [-0.3, -0.25) is 0 Å². The van der Waals surface area contributed by atoms with Gasteiger partial charge in [0.05, 0.1) is 0 Å². The minimum absolute atomic E-state index is 0.180. The fraction of sp³-hybridized carbons (Fsp3) is 0.188. The average molecular weight is 314 g/mol. The molecule has 0 fully saturated rings. The molecule has 3 aromatic rings. The maximum absolute atomic E-state index is 10.8. The van der Waals surface area contributed by atoms with Crippen molar-refractivity contribution in [3.8, 4) is 17.2 Å². The Kier molecular flexibility index (Phi) is 4.20. The Morgan fingerprint density at radius 2 is 2.13 bits per heavy atom. The maximum atomic E-state index is 10.8. The van der Waals surface area contributed by atoms with Gasteiger partial charge in [0.1, 0.15) is 11.3 Å². The van der Waals surface area contributed by atoms with E-state index >= 15 is 0 Å². The SMILES string of the molecule is CCOCOc1ccc2oc(-c3cccc([N+](=O)[O-])n3)cc2c1. The van der Waals surface area contributed by atoms with Crippen molar-refractivity contribution < 1.29 is 18.8 Å². The summed E-state index contributed by atoms with van der Waals surface area (Å²) < 4.78 is 16.3. The summed E-state index contributed by atoms with van der Waals surface area (Å²) in [7, 11) is 0. The first-order chi connectivity index (χ1) is 11.2. The van der Waals surface area contributed by atoms with Crippen LogP contribution in [0.2, 0.25) is 0 Å². The number of fused-ring (bicyclic) bond motifs is 1. The third-order valence-corrected chi connectivity index (χ3v) is 3.17. The minimum atomic E-state index is -0.536. The molecule has 0 amide bonds. The molecular formula is C16H14N2O5. The first-order valence-electron chi connectivity index (χ1n) is 7.03. The van der Waals surface area contributed by atoms with Crippen molar-refractivity contribution >= 4 is 16.8 Å². The minimum Gasteiger partial charge on any atom is -0.468 e. The zero-order valence-corrected chi connectivity index (χ0v) is 12.4. The van der Waals surface area contributed by atoms with Crippen LogP contribution in [-0.2, 0) is 4.74 Å². The largest absolute Gasteiger partial charge is 0.468 e. The molecule has 23 heavy (non-hydrogen) atoms. The molecular weight excluding hydrogens is 300 g/mol. The van der Waals surface area contributed by atoms with Crippen LogP contribution in [0.25, 0.3) is 22.4 Å². The highest BCUT2D eigenvalue weighted by Gasteiger charge is 2.15. The molecule has 0 bridgehead atoms. The molecule has 3 rings (SSSR count). The lowest BCUT2D eigenvalue weighted by Crippen LogP contribution is -2.01. The van der Waals surface area contributed by atoms with Crippen LogP contribution in [0, 0.1) is 10.1 Å². The Labute approximate surface area is 131 Å². The van der Waals surface area contributed by atoms with Gasteiger partial charge < -0.3 is 24.0 Å². The fourth-order valence-corrected chi connectivity index (χ4v) is 2.09. The lowest BCUT2D eigenvalue weighted by Gasteiger charge is -2.04. The van der Waals surface area contributed by atoms with E-state index in [1.165, 1.54) is 6.07 Å². The van der Waals surface area contributed by atoms with E-state index in [1.54, 1.807) is 30.3 Å². The van der Waals surface area contributed by atoms with Crippen molar-refractivity contribution in [1.82, 2.24) is 4.98 Å². The standard InChI is InChI=1S/C16H14N2O5/c1-2-21-10-22-12-6-7-14-11(8-12)9-15(23-14)13-4-3-5-16(17-13)18(19)20/h3-9H,2,10H2,1H3. The van der Waals surface area contributed by atoms with Crippen LogP contribution in [0.5, 0.6) is 5.75 Å². The molecule has 2 aromatic heterocycles. The zero-order chi connectivity index (χ0) is 16.2. The molecule has 0 unspecified atom stereocenters. The smallest absolute Gasteiger partial charge is 0.364 e. The summed E-state index contributed by atoms with van der Waals surface area (Å²) in [6.07, 6.45) is 0. The monoisotopic (exact) mass is 314 g/mol. The third-order valence-electron chi connectivity index (χ3n) is 3.17. The first kappa shape index (κ1) is 15.0. The quantitative estimate of drug-likeness (QED) is 0.298. The van der Waals surface area contributed by atoms with Gasteiger partial charge in [-0.15, -0.1) is 0 Å². The summed E-state index contributed by atoms with van der Waals surface area (Å²) in [6, 6.07) is 11.7. The number of benzene rings is 1. The van der Waals surface area contributed by atoms with E-state index in [-0.39, 0.29) is 12.6 Å². The van der Waals surface area contributed by atoms with Crippen molar-refractivity contribution in [2.75, 3.05) is 13.4 Å². The van der Waals surface area contributed by atoms with Crippen molar-refractivity contribution in [3.63, 3.8) is 0 Å². The molecule has 0 aliphatic carbocycles. The molecule has 2 heterocycles. The van der Waals surface area contributed by atoms with E-state index in [0.29, 0.717) is 29.4 Å². The molecule has 7 heteroatoms. The summed E-state index contributed by atoms with van der Waals surface area (Å²) in [4.78, 5) is 14.3. The second-order valence-electron chi connectivity index (χ2n) is 4.70. The predicted octanol–water partition coefficient (Wildman–Crippen LogP) is 3.78. The summed E-state index contributed by atoms with van der Waals surface area (Å²) >= 11 is 0. The number of furan rings is 1. The highest BCUT2D eigenvalue weighted by atomic mass is 16.7. The second-order valence-corrected chi connectivity index (χ2v) is 4.70. The van der Waals surface area contributed by atoms with Crippen molar-refractivity contribution in [3.05, 3.63) is 52.6 Å². The molecule has 1 aromatic carbocycles. The van der Waals surface area contributed by atoms with Gasteiger partial charge in [-0.2, -0.15) is 0 Å². The number of rotatable bonds is 6. The maximum Gasteiger partial charge on any atom is 0.364 e. The van der Waals surface area contributed by atoms with Crippen LogP contribution in [0.1, 0.15) is 6.92 Å². The highest BCUT2D eigenvalue weighted by Crippen LogP contribution is 2.30. The Bertz CT molecular complexity index is 843. The molecule has 0 saturated heterocycles. The number of hydrogen-bond acceptors (Lipinski definition) is 6. The van der Waals surface area contributed by atoms with Crippen LogP contribution < -0.4 is 4.74 Å². The number of nitro groups is 1. The van der Waals surface area contributed by atoms with Crippen molar-refractivity contribution in [2.24, 2.45) is 0 Å². The normalized spacial score (nSPS) is 10.8. The Morgan fingerprint density at radius 3 is 2.91 bits per heavy atom. The number of ether oxygens (including phenoxy) is 2. The van der Waals surface area contributed by atoms with Crippen molar-refractivity contribution in [1.29, 1.82) is 0 Å². The molecule has 0 radical (unpaired) electrons. The zero-order valence-electron chi connectivity index (χ0n) is 12.4. The Morgan fingerprint density at radius 1 is 1.26 bits per heavy atom. The third kappa shape index (κ3) is 3.29. The van der Waals surface area contributed by atoms with Gasteiger partial charge in [0.2, 0.25) is 5.69 Å². The van der Waals surface area contributed by atoms with Gasteiger partial charge in [-0.1, -0.05) is 0 Å². The molecule has 7 nitrogen and oxygen atoms in total. The summed E-state index contributed by atoms with van der Waals surface area (Å²) in [5, 5.41) is 11.6. The van der Waals surface area contributed by atoms with Crippen LogP contribution in [0.4, 0.5) is 5.82 Å². The van der Waals surface area contributed by atoms with Crippen LogP contribution in [-0.4, -0.2) is 23.3 Å². The lowest BCUT2D eigenvalue weighted by atomic mass is 10.2. The Balaban J connectivity index is 1.90. The summed E-state index contributed by atoms with van der Waals surface area (Å²) in [5.74, 6) is 0.902. The van der Waals surface area contributed by atoms with Gasteiger partial charge >= 0.3 is 5.82 Å². The van der Waals surface area contributed by atoms with Gasteiger partial charge in [-0.05, 0) is 53.2 Å². The number of hydrogen-bond donors (Lipinski definition) is 0. The molecule has 0 aliphatic heterocycles. The van der Waals surface area contributed by atoms with Crippen LogP contribution >= 0.6 is 0 Å². The van der Waals surface area contributed by atoms with E-state index in [4.69, 9.17) is 13.9 Å². The van der Waals surface area contributed by atoms with Gasteiger partial charge in [0.25, 0.3) is 0 Å². The van der Waals surface area contributed by atoms with Crippen molar-refractivity contribution in [2.45, 2.75) is 6.92 Å². The van der Waals surface area contributed by atoms with E-state index in [2.05, 4.69) is 4.98 Å². The molecule has 0 atom stereocenters. The van der Waals surface area contributed by atoms with E-state index in [9.17, 15) is 10.1 Å². The van der Waals surface area contributed by atoms with Gasteiger partial charge in [-0.25, -0.2) is 0 Å². The molecule has 0 saturated carbocycles. The molecule has 0 N–H and O–H groups in total. The van der Waals surface area contributed by atoms with Crippen LogP contribution in [0.3, 0.4) is 0 Å². The summed E-state index contributed by atoms with van der Waals surface area (Å²) in [6.45, 7) is 2.65. The molecule has 118 valence electrons. The number of aromatic nitrogens is 1.